The second-order valence-electron chi connectivity index (χ2n) is 3.62. The molecule has 15 heavy (non-hydrogen) atoms. The summed E-state index contributed by atoms with van der Waals surface area (Å²) in [7, 11) is 0. The molecule has 0 amide bonds. The first-order chi connectivity index (χ1) is 7.11. The standard InChI is InChI=1S/C12H15IOS/c1-9(2)12(14)11(13)8-15-10-6-4-3-5-7-10/h3-9,12,14H,1-2H3/b11-8+. The van der Waals surface area contributed by atoms with Gasteiger partial charge in [-0.15, -0.1) is 0 Å². The zero-order valence-electron chi connectivity index (χ0n) is 8.85. The van der Waals surface area contributed by atoms with Crippen LogP contribution in [-0.4, -0.2) is 11.2 Å². The van der Waals surface area contributed by atoms with Crippen molar-refractivity contribution in [2.45, 2.75) is 24.8 Å². The van der Waals surface area contributed by atoms with E-state index in [-0.39, 0.29) is 12.0 Å². The van der Waals surface area contributed by atoms with Gasteiger partial charge in [-0.2, -0.15) is 0 Å². The molecule has 0 heterocycles. The van der Waals surface area contributed by atoms with Crippen molar-refractivity contribution in [2.75, 3.05) is 0 Å². The Hall–Kier alpha value is -0.000000000000000111. The molecule has 1 unspecified atom stereocenters. The molecule has 1 rings (SSSR count). The second kappa shape index (κ2) is 6.55. The molecule has 1 N–H and O–H groups in total. The molecule has 1 nitrogen and oxygen atoms in total. The van der Waals surface area contributed by atoms with E-state index in [1.54, 1.807) is 11.8 Å². The summed E-state index contributed by atoms with van der Waals surface area (Å²) < 4.78 is 0.997. The minimum absolute atomic E-state index is 0.268. The molecule has 0 aliphatic heterocycles. The van der Waals surface area contributed by atoms with Crippen LogP contribution in [0, 0.1) is 5.92 Å². The van der Waals surface area contributed by atoms with Crippen LogP contribution in [0.5, 0.6) is 0 Å². The van der Waals surface area contributed by atoms with Crippen molar-refractivity contribution >= 4 is 34.4 Å². The summed E-state index contributed by atoms with van der Waals surface area (Å²) in [5, 5.41) is 11.8. The Kier molecular flexibility index (Phi) is 5.71. The van der Waals surface area contributed by atoms with Gasteiger partial charge >= 0.3 is 0 Å². The van der Waals surface area contributed by atoms with Gasteiger partial charge in [0.2, 0.25) is 0 Å². The lowest BCUT2D eigenvalue weighted by Crippen LogP contribution is -2.13. The van der Waals surface area contributed by atoms with Crippen molar-refractivity contribution in [1.29, 1.82) is 0 Å². The van der Waals surface area contributed by atoms with Gasteiger partial charge < -0.3 is 5.11 Å². The number of benzene rings is 1. The molecule has 1 atom stereocenters. The summed E-state index contributed by atoms with van der Waals surface area (Å²) in [6.45, 7) is 4.04. The highest BCUT2D eigenvalue weighted by atomic mass is 127. The first-order valence-corrected chi connectivity index (χ1v) is 6.82. The Morgan fingerprint density at radius 2 is 1.93 bits per heavy atom. The Labute approximate surface area is 109 Å². The second-order valence-corrected chi connectivity index (χ2v) is 5.81. The van der Waals surface area contributed by atoms with Crippen LogP contribution in [0.3, 0.4) is 0 Å². The van der Waals surface area contributed by atoms with Gasteiger partial charge in [-0.25, -0.2) is 0 Å². The van der Waals surface area contributed by atoms with E-state index in [9.17, 15) is 5.11 Å². The molecule has 0 saturated carbocycles. The number of halogens is 1. The van der Waals surface area contributed by atoms with Crippen LogP contribution in [0.1, 0.15) is 13.8 Å². The number of hydrogen-bond donors (Lipinski definition) is 1. The molecule has 82 valence electrons. The monoisotopic (exact) mass is 334 g/mol. The molecule has 0 bridgehead atoms. The number of hydrogen-bond acceptors (Lipinski definition) is 2. The lowest BCUT2D eigenvalue weighted by molar-refractivity contribution is 0.170. The molecule has 3 heteroatoms. The van der Waals surface area contributed by atoms with Crippen LogP contribution in [0.4, 0.5) is 0 Å². The topological polar surface area (TPSA) is 20.2 Å². The zero-order valence-corrected chi connectivity index (χ0v) is 11.8. The van der Waals surface area contributed by atoms with Gasteiger partial charge in [-0.1, -0.05) is 43.8 Å². The van der Waals surface area contributed by atoms with E-state index < -0.39 is 0 Å². The lowest BCUT2D eigenvalue weighted by Gasteiger charge is -2.13. The molecule has 0 aliphatic rings. The lowest BCUT2D eigenvalue weighted by atomic mass is 10.1. The summed E-state index contributed by atoms with van der Waals surface area (Å²) in [6, 6.07) is 10.2. The zero-order chi connectivity index (χ0) is 11.3. The van der Waals surface area contributed by atoms with Gasteiger partial charge in [0.05, 0.1) is 6.10 Å². The maximum Gasteiger partial charge on any atom is 0.0874 e. The molecular weight excluding hydrogens is 319 g/mol. The molecular formula is C12H15IOS. The van der Waals surface area contributed by atoms with E-state index in [1.807, 2.05) is 37.5 Å². The Balaban J connectivity index is 2.58. The van der Waals surface area contributed by atoms with Gasteiger partial charge in [0.15, 0.2) is 0 Å². The molecule has 0 aromatic heterocycles. The van der Waals surface area contributed by atoms with E-state index in [2.05, 4.69) is 34.7 Å². The molecule has 0 radical (unpaired) electrons. The summed E-state index contributed by atoms with van der Waals surface area (Å²) in [4.78, 5) is 1.20. The number of thioether (sulfide) groups is 1. The number of aliphatic hydroxyl groups excluding tert-OH is 1. The highest BCUT2D eigenvalue weighted by Gasteiger charge is 2.11. The fraction of sp³-hybridized carbons (Fsp3) is 0.333. The molecule has 0 spiro atoms. The smallest absolute Gasteiger partial charge is 0.0874 e. The number of rotatable bonds is 4. The predicted molar refractivity (Wildman–Crippen MR) is 75.2 cm³/mol. The van der Waals surface area contributed by atoms with E-state index in [0.717, 1.165) is 3.58 Å². The van der Waals surface area contributed by atoms with E-state index in [0.29, 0.717) is 0 Å². The van der Waals surface area contributed by atoms with E-state index in [4.69, 9.17) is 0 Å². The molecule has 0 saturated heterocycles. The van der Waals surface area contributed by atoms with Crippen LogP contribution in [0.15, 0.2) is 44.2 Å². The minimum atomic E-state index is -0.346. The average Bonchev–Trinajstić information content (AvgIpc) is 2.26. The van der Waals surface area contributed by atoms with Gasteiger partial charge in [0.1, 0.15) is 0 Å². The van der Waals surface area contributed by atoms with Crippen LogP contribution >= 0.6 is 34.4 Å². The first-order valence-electron chi connectivity index (χ1n) is 4.86. The Morgan fingerprint density at radius 1 is 1.33 bits per heavy atom. The highest BCUT2D eigenvalue weighted by molar-refractivity contribution is 14.1. The average molecular weight is 334 g/mol. The third kappa shape index (κ3) is 4.57. The maximum atomic E-state index is 9.78. The van der Waals surface area contributed by atoms with Crippen molar-refractivity contribution < 1.29 is 5.11 Å². The SMILES string of the molecule is CC(C)C(O)/C(I)=C\Sc1ccccc1. The highest BCUT2D eigenvalue weighted by Crippen LogP contribution is 2.26. The third-order valence-electron chi connectivity index (χ3n) is 1.96. The largest absolute Gasteiger partial charge is 0.388 e. The summed E-state index contributed by atoms with van der Waals surface area (Å²) in [5.41, 5.74) is 0. The van der Waals surface area contributed by atoms with Crippen LogP contribution in [0.25, 0.3) is 0 Å². The predicted octanol–water partition coefficient (Wildman–Crippen LogP) is 4.07. The van der Waals surface area contributed by atoms with Gasteiger partial charge in [-0.3, -0.25) is 0 Å². The van der Waals surface area contributed by atoms with Gasteiger partial charge in [0, 0.05) is 8.48 Å². The summed E-state index contributed by atoms with van der Waals surface area (Å²) in [5.74, 6) is 0.268. The number of aliphatic hydroxyl groups is 1. The Morgan fingerprint density at radius 3 is 2.47 bits per heavy atom. The molecule has 1 aromatic rings. The minimum Gasteiger partial charge on any atom is -0.388 e. The van der Waals surface area contributed by atoms with Crippen LogP contribution in [0.2, 0.25) is 0 Å². The molecule has 0 aliphatic carbocycles. The quantitative estimate of drug-likeness (QED) is 0.662. The van der Waals surface area contributed by atoms with E-state index >= 15 is 0 Å². The normalized spacial score (nSPS) is 14.3. The summed E-state index contributed by atoms with van der Waals surface area (Å²) >= 11 is 3.84. The van der Waals surface area contributed by atoms with Crippen molar-refractivity contribution in [3.63, 3.8) is 0 Å². The van der Waals surface area contributed by atoms with Crippen LogP contribution in [-0.2, 0) is 0 Å². The fourth-order valence-electron chi connectivity index (χ4n) is 1.01. The third-order valence-corrected chi connectivity index (χ3v) is 4.25. The van der Waals surface area contributed by atoms with Crippen LogP contribution < -0.4 is 0 Å². The van der Waals surface area contributed by atoms with Crippen molar-refractivity contribution in [3.05, 3.63) is 39.3 Å². The maximum absolute atomic E-state index is 9.78. The van der Waals surface area contributed by atoms with Crippen molar-refractivity contribution in [1.82, 2.24) is 0 Å². The van der Waals surface area contributed by atoms with Crippen molar-refractivity contribution in [3.8, 4) is 0 Å². The Bertz CT molecular complexity index is 322. The van der Waals surface area contributed by atoms with Gasteiger partial charge in [-0.05, 0) is 46.0 Å². The van der Waals surface area contributed by atoms with Crippen molar-refractivity contribution in [2.24, 2.45) is 5.92 Å². The first kappa shape index (κ1) is 13.1. The molecule has 0 fully saturated rings. The fourth-order valence-corrected chi connectivity index (χ4v) is 2.81. The van der Waals surface area contributed by atoms with Gasteiger partial charge in [0.25, 0.3) is 0 Å². The molecule has 1 aromatic carbocycles. The van der Waals surface area contributed by atoms with E-state index in [1.165, 1.54) is 4.90 Å². The summed E-state index contributed by atoms with van der Waals surface area (Å²) in [6.07, 6.45) is -0.346.